The number of carbonyl (C=O) groups excluding carboxylic acids is 3. The van der Waals surface area contributed by atoms with Crippen LogP contribution < -0.4 is 10.6 Å². The van der Waals surface area contributed by atoms with E-state index in [4.69, 9.17) is 4.74 Å². The van der Waals surface area contributed by atoms with Gasteiger partial charge in [0.1, 0.15) is 18.8 Å². The van der Waals surface area contributed by atoms with Crippen LogP contribution in [0.25, 0.3) is 0 Å². The van der Waals surface area contributed by atoms with Gasteiger partial charge < -0.3 is 20.1 Å². The minimum atomic E-state index is -0.631. The van der Waals surface area contributed by atoms with Gasteiger partial charge in [-0.25, -0.2) is 9.59 Å². The summed E-state index contributed by atoms with van der Waals surface area (Å²) in [5, 5.41) is 5.24. The number of alkyl halides is 1. The summed E-state index contributed by atoms with van der Waals surface area (Å²) in [4.78, 5) is 33.4. The number of ether oxygens (including phenoxy) is 2. The Morgan fingerprint density at radius 2 is 1.95 bits per heavy atom. The molecular formula is C12H19BrN2O5. The summed E-state index contributed by atoms with van der Waals surface area (Å²) in [6, 6.07) is -0.548. The first-order chi connectivity index (χ1) is 9.30. The minimum Gasteiger partial charge on any atom is -0.461 e. The Hall–Kier alpha value is -1.57. The maximum absolute atomic E-state index is 11.4. The third-order valence-corrected chi connectivity index (χ3v) is 3.25. The van der Waals surface area contributed by atoms with Gasteiger partial charge >= 0.3 is 18.0 Å². The first-order valence-corrected chi connectivity index (χ1v) is 7.01. The second-order valence-electron chi connectivity index (χ2n) is 4.35. The summed E-state index contributed by atoms with van der Waals surface area (Å²) in [6.07, 6.45) is 1.03. The lowest BCUT2D eigenvalue weighted by Crippen LogP contribution is -2.42. The number of halogens is 1. The van der Waals surface area contributed by atoms with Gasteiger partial charge in [0, 0.05) is 11.4 Å². The molecule has 0 saturated carbocycles. The Morgan fingerprint density at radius 3 is 2.50 bits per heavy atom. The van der Waals surface area contributed by atoms with E-state index in [1.165, 1.54) is 0 Å². The summed E-state index contributed by atoms with van der Waals surface area (Å²) < 4.78 is 9.75. The number of nitrogens with one attached hydrogen (secondary N) is 2. The van der Waals surface area contributed by atoms with Crippen molar-refractivity contribution >= 4 is 33.9 Å². The number of esters is 2. The molecule has 0 aromatic carbocycles. The molecule has 7 nitrogen and oxygen atoms in total. The van der Waals surface area contributed by atoms with Crippen LogP contribution in [0, 0.1) is 0 Å². The van der Waals surface area contributed by atoms with Crippen molar-refractivity contribution in [3.8, 4) is 0 Å². The van der Waals surface area contributed by atoms with Gasteiger partial charge in [-0.1, -0.05) is 22.5 Å². The largest absolute Gasteiger partial charge is 0.461 e. The molecule has 2 amide bonds. The second-order valence-corrected chi connectivity index (χ2v) is 4.91. The van der Waals surface area contributed by atoms with Crippen molar-refractivity contribution in [1.82, 2.24) is 10.6 Å². The van der Waals surface area contributed by atoms with E-state index in [0.29, 0.717) is 5.33 Å². The van der Waals surface area contributed by atoms with Gasteiger partial charge in [-0.2, -0.15) is 0 Å². The van der Waals surface area contributed by atoms with Crippen LogP contribution in [0.5, 0.6) is 0 Å². The van der Waals surface area contributed by atoms with Gasteiger partial charge in [-0.3, -0.25) is 4.79 Å². The molecule has 0 aliphatic rings. The molecule has 0 heterocycles. The Morgan fingerprint density at radius 1 is 1.30 bits per heavy atom. The van der Waals surface area contributed by atoms with E-state index in [2.05, 4.69) is 37.9 Å². The smallest absolute Gasteiger partial charge is 0.330 e. The van der Waals surface area contributed by atoms with Crippen LogP contribution in [-0.4, -0.2) is 48.6 Å². The fourth-order valence-corrected chi connectivity index (χ4v) is 1.08. The number of urea groups is 1. The maximum atomic E-state index is 11.4. The SMILES string of the molecule is C=CC(=O)OCCNC(=O)NCC(=O)OC(C)(C)CBr. The lowest BCUT2D eigenvalue weighted by atomic mass is 10.2. The van der Waals surface area contributed by atoms with Gasteiger partial charge in [0.05, 0.1) is 6.54 Å². The van der Waals surface area contributed by atoms with E-state index in [1.807, 2.05) is 0 Å². The molecule has 0 atom stereocenters. The Balaban J connectivity index is 3.75. The van der Waals surface area contributed by atoms with Gasteiger partial charge in [0.25, 0.3) is 0 Å². The van der Waals surface area contributed by atoms with E-state index in [-0.39, 0.29) is 19.7 Å². The molecule has 114 valence electrons. The van der Waals surface area contributed by atoms with E-state index in [1.54, 1.807) is 13.8 Å². The average Bonchev–Trinajstić information content (AvgIpc) is 2.40. The van der Waals surface area contributed by atoms with Crippen LogP contribution in [0.15, 0.2) is 12.7 Å². The molecule has 20 heavy (non-hydrogen) atoms. The van der Waals surface area contributed by atoms with Gasteiger partial charge in [-0.15, -0.1) is 0 Å². The predicted molar refractivity (Wildman–Crippen MR) is 76.5 cm³/mol. The molecule has 0 aliphatic heterocycles. The van der Waals surface area contributed by atoms with E-state index < -0.39 is 23.6 Å². The Kier molecular flexibility index (Phi) is 8.62. The summed E-state index contributed by atoms with van der Waals surface area (Å²) in [5.74, 6) is -1.10. The first-order valence-electron chi connectivity index (χ1n) is 5.89. The van der Waals surface area contributed by atoms with E-state index in [9.17, 15) is 14.4 Å². The zero-order valence-electron chi connectivity index (χ0n) is 11.5. The molecule has 0 bridgehead atoms. The highest BCUT2D eigenvalue weighted by molar-refractivity contribution is 9.09. The average molecular weight is 351 g/mol. The van der Waals surface area contributed by atoms with Gasteiger partial charge in [-0.05, 0) is 13.8 Å². The van der Waals surface area contributed by atoms with Crippen molar-refractivity contribution in [1.29, 1.82) is 0 Å². The molecule has 2 N–H and O–H groups in total. The Bertz CT molecular complexity index is 371. The molecule has 0 rings (SSSR count). The molecule has 0 aliphatic carbocycles. The van der Waals surface area contributed by atoms with Crippen LogP contribution >= 0.6 is 15.9 Å². The third-order valence-electron chi connectivity index (χ3n) is 1.90. The quantitative estimate of drug-likeness (QED) is 0.291. The number of hydrogen-bond donors (Lipinski definition) is 2. The molecule has 0 radical (unpaired) electrons. The molecule has 0 unspecified atom stereocenters. The van der Waals surface area contributed by atoms with Crippen LogP contribution in [0.2, 0.25) is 0 Å². The Labute approximate surface area is 126 Å². The van der Waals surface area contributed by atoms with Crippen molar-refractivity contribution in [3.05, 3.63) is 12.7 Å². The molecule has 8 heteroatoms. The molecule has 0 fully saturated rings. The normalized spacial score (nSPS) is 10.3. The standard InChI is InChI=1S/C12H19BrN2O5/c1-4-9(16)19-6-5-14-11(18)15-7-10(17)20-12(2,3)8-13/h4H,1,5-8H2,2-3H3,(H2,14,15,18). The summed E-state index contributed by atoms with van der Waals surface area (Å²) >= 11 is 3.21. The molecule has 0 saturated heterocycles. The van der Waals surface area contributed by atoms with Crippen LogP contribution in [0.3, 0.4) is 0 Å². The zero-order chi connectivity index (χ0) is 15.6. The van der Waals surface area contributed by atoms with Crippen molar-refractivity contribution in [2.45, 2.75) is 19.4 Å². The van der Waals surface area contributed by atoms with Gasteiger partial charge in [0.15, 0.2) is 0 Å². The number of amides is 2. The van der Waals surface area contributed by atoms with Crippen LogP contribution in [-0.2, 0) is 19.1 Å². The highest BCUT2D eigenvalue weighted by Gasteiger charge is 2.21. The summed E-state index contributed by atoms with van der Waals surface area (Å²) in [6.45, 7) is 6.64. The fourth-order valence-electron chi connectivity index (χ4n) is 0.962. The molecular weight excluding hydrogens is 332 g/mol. The van der Waals surface area contributed by atoms with Crippen LogP contribution in [0.1, 0.15) is 13.8 Å². The number of hydrogen-bond acceptors (Lipinski definition) is 5. The van der Waals surface area contributed by atoms with Crippen molar-refractivity contribution in [2.24, 2.45) is 0 Å². The maximum Gasteiger partial charge on any atom is 0.330 e. The number of carbonyl (C=O) groups is 3. The predicted octanol–water partition coefficient (Wildman–Crippen LogP) is 0.732. The van der Waals surface area contributed by atoms with Crippen molar-refractivity contribution < 1.29 is 23.9 Å². The monoisotopic (exact) mass is 350 g/mol. The molecule has 0 spiro atoms. The van der Waals surface area contributed by atoms with Crippen molar-refractivity contribution in [2.75, 3.05) is 25.0 Å². The lowest BCUT2D eigenvalue weighted by Gasteiger charge is -2.22. The van der Waals surface area contributed by atoms with E-state index in [0.717, 1.165) is 6.08 Å². The zero-order valence-corrected chi connectivity index (χ0v) is 13.1. The second kappa shape index (κ2) is 9.35. The summed E-state index contributed by atoms with van der Waals surface area (Å²) in [7, 11) is 0. The van der Waals surface area contributed by atoms with Crippen LogP contribution in [0.4, 0.5) is 4.79 Å². The topological polar surface area (TPSA) is 93.7 Å². The highest BCUT2D eigenvalue weighted by Crippen LogP contribution is 2.11. The fraction of sp³-hybridized carbons (Fsp3) is 0.583. The lowest BCUT2D eigenvalue weighted by molar-refractivity contribution is -0.152. The number of rotatable bonds is 8. The van der Waals surface area contributed by atoms with Gasteiger partial charge in [0.2, 0.25) is 0 Å². The molecule has 0 aromatic rings. The highest BCUT2D eigenvalue weighted by atomic mass is 79.9. The third kappa shape index (κ3) is 9.37. The first kappa shape index (κ1) is 18.4. The van der Waals surface area contributed by atoms with E-state index >= 15 is 0 Å². The minimum absolute atomic E-state index is 0.0271. The van der Waals surface area contributed by atoms with Crippen molar-refractivity contribution in [3.63, 3.8) is 0 Å². The molecule has 0 aromatic heterocycles. The summed E-state index contributed by atoms with van der Waals surface area (Å²) in [5.41, 5.74) is -0.631.